The molecule has 0 unspecified atom stereocenters. The topological polar surface area (TPSA) is 65.5 Å². The van der Waals surface area contributed by atoms with Crippen LogP contribution in [0, 0.1) is 0 Å². The predicted molar refractivity (Wildman–Crippen MR) is 109 cm³/mol. The maximum Gasteiger partial charge on any atom is 0.272 e. The van der Waals surface area contributed by atoms with Gasteiger partial charge >= 0.3 is 0 Å². The maximum atomic E-state index is 12.7. The molecule has 3 rings (SSSR count). The van der Waals surface area contributed by atoms with Crippen molar-refractivity contribution in [3.63, 3.8) is 0 Å². The van der Waals surface area contributed by atoms with Crippen molar-refractivity contribution in [3.05, 3.63) is 65.5 Å². The largest absolute Gasteiger partial charge is 0.352 e. The lowest BCUT2D eigenvalue weighted by Gasteiger charge is -2.33. The van der Waals surface area contributed by atoms with Crippen molar-refractivity contribution in [2.75, 3.05) is 39.3 Å². The minimum atomic E-state index is -0.166. The minimum absolute atomic E-state index is 0.102. The van der Waals surface area contributed by atoms with Crippen LogP contribution >= 0.6 is 0 Å². The molecule has 2 heterocycles. The van der Waals surface area contributed by atoms with Crippen LogP contribution < -0.4 is 5.32 Å². The van der Waals surface area contributed by atoms with E-state index >= 15 is 0 Å². The molecule has 28 heavy (non-hydrogen) atoms. The summed E-state index contributed by atoms with van der Waals surface area (Å²) in [6, 6.07) is 13.5. The summed E-state index contributed by atoms with van der Waals surface area (Å²) in [5, 5.41) is 2.93. The lowest BCUT2D eigenvalue weighted by Crippen LogP contribution is -2.48. The molecule has 1 aromatic heterocycles. The van der Waals surface area contributed by atoms with Crippen LogP contribution in [0.4, 0.5) is 0 Å². The monoisotopic (exact) mass is 380 g/mol. The van der Waals surface area contributed by atoms with Gasteiger partial charge in [0.25, 0.3) is 11.8 Å². The van der Waals surface area contributed by atoms with Gasteiger partial charge in [-0.2, -0.15) is 0 Å². The molecule has 1 aliphatic rings. The van der Waals surface area contributed by atoms with E-state index in [1.807, 2.05) is 23.1 Å². The van der Waals surface area contributed by atoms with Crippen molar-refractivity contribution >= 4 is 11.8 Å². The molecule has 0 radical (unpaired) electrons. The normalized spacial score (nSPS) is 14.7. The Bertz CT molecular complexity index is 786. The zero-order valence-electron chi connectivity index (χ0n) is 16.4. The molecule has 2 aromatic rings. The quantitative estimate of drug-likeness (QED) is 0.748. The highest BCUT2D eigenvalue weighted by Crippen LogP contribution is 2.09. The third kappa shape index (κ3) is 5.39. The van der Waals surface area contributed by atoms with E-state index < -0.39 is 0 Å². The highest BCUT2D eigenvalue weighted by atomic mass is 16.2. The molecule has 1 aromatic carbocycles. The SMILES string of the molecule is CCN1CCN(C(=O)c2cc(C(=O)NCCCc3ccccc3)ccn2)CC1. The molecule has 0 atom stereocenters. The number of rotatable bonds is 7. The number of nitrogens with one attached hydrogen (secondary N) is 1. The highest BCUT2D eigenvalue weighted by Gasteiger charge is 2.22. The van der Waals surface area contributed by atoms with Crippen molar-refractivity contribution in [1.82, 2.24) is 20.1 Å². The van der Waals surface area contributed by atoms with E-state index in [1.54, 1.807) is 12.1 Å². The van der Waals surface area contributed by atoms with Gasteiger partial charge in [-0.1, -0.05) is 37.3 Å². The molecule has 2 amide bonds. The number of carbonyl (C=O) groups is 2. The van der Waals surface area contributed by atoms with Crippen LogP contribution in [0.1, 0.15) is 39.8 Å². The number of likely N-dealkylation sites (N-methyl/N-ethyl adjacent to an activating group) is 1. The number of amides is 2. The van der Waals surface area contributed by atoms with Gasteiger partial charge in [0.2, 0.25) is 0 Å². The number of carbonyl (C=O) groups excluding carboxylic acids is 2. The summed E-state index contributed by atoms with van der Waals surface area (Å²) in [4.78, 5) is 33.4. The van der Waals surface area contributed by atoms with E-state index in [2.05, 4.69) is 34.3 Å². The van der Waals surface area contributed by atoms with E-state index in [4.69, 9.17) is 0 Å². The molecule has 1 N–H and O–H groups in total. The number of pyridine rings is 1. The van der Waals surface area contributed by atoms with E-state index in [9.17, 15) is 9.59 Å². The number of hydrogen-bond acceptors (Lipinski definition) is 4. The number of nitrogens with zero attached hydrogens (tertiary/aromatic N) is 3. The lowest BCUT2D eigenvalue weighted by molar-refractivity contribution is 0.0637. The molecule has 1 aliphatic heterocycles. The fourth-order valence-corrected chi connectivity index (χ4v) is 3.36. The fourth-order valence-electron chi connectivity index (χ4n) is 3.36. The van der Waals surface area contributed by atoms with Crippen LogP contribution in [0.3, 0.4) is 0 Å². The molecule has 1 saturated heterocycles. The molecule has 6 heteroatoms. The Morgan fingerprint density at radius 1 is 1.07 bits per heavy atom. The maximum absolute atomic E-state index is 12.7. The van der Waals surface area contributed by atoms with Gasteiger partial charge in [0, 0.05) is 44.5 Å². The first-order valence-electron chi connectivity index (χ1n) is 9.97. The second-order valence-electron chi connectivity index (χ2n) is 7.00. The molecular weight excluding hydrogens is 352 g/mol. The van der Waals surface area contributed by atoms with E-state index in [0.29, 0.717) is 30.9 Å². The number of aromatic nitrogens is 1. The fraction of sp³-hybridized carbons (Fsp3) is 0.409. The summed E-state index contributed by atoms with van der Waals surface area (Å²) in [5.41, 5.74) is 2.07. The Hall–Kier alpha value is -2.73. The Labute approximate surface area is 166 Å². The Morgan fingerprint density at radius 2 is 1.82 bits per heavy atom. The van der Waals surface area contributed by atoms with Crippen LogP contribution in [0.25, 0.3) is 0 Å². The van der Waals surface area contributed by atoms with Crippen LogP contribution in [0.5, 0.6) is 0 Å². The second kappa shape index (κ2) is 9.99. The van der Waals surface area contributed by atoms with Crippen LogP contribution in [0.2, 0.25) is 0 Å². The lowest BCUT2D eigenvalue weighted by atomic mass is 10.1. The van der Waals surface area contributed by atoms with Gasteiger partial charge in [-0.15, -0.1) is 0 Å². The van der Waals surface area contributed by atoms with E-state index in [-0.39, 0.29) is 11.8 Å². The average Bonchev–Trinajstić information content (AvgIpc) is 2.77. The number of hydrogen-bond donors (Lipinski definition) is 1. The van der Waals surface area contributed by atoms with E-state index in [1.165, 1.54) is 11.8 Å². The molecule has 0 aliphatic carbocycles. The standard InChI is InChI=1S/C22H28N4O2/c1-2-25-13-15-26(16-14-25)22(28)20-17-19(10-12-23-20)21(27)24-11-6-9-18-7-4-3-5-8-18/h3-5,7-8,10,12,17H,2,6,9,11,13-16H2,1H3,(H,24,27). The molecule has 0 bridgehead atoms. The Morgan fingerprint density at radius 3 is 2.54 bits per heavy atom. The van der Waals surface area contributed by atoms with Gasteiger partial charge < -0.3 is 15.1 Å². The molecular formula is C22H28N4O2. The first kappa shape index (κ1) is 20.0. The number of benzene rings is 1. The van der Waals surface area contributed by atoms with Gasteiger partial charge in [-0.3, -0.25) is 14.6 Å². The van der Waals surface area contributed by atoms with Crippen LogP contribution in [-0.4, -0.2) is 65.9 Å². The second-order valence-corrected chi connectivity index (χ2v) is 7.00. The van der Waals surface area contributed by atoms with Crippen molar-refractivity contribution in [3.8, 4) is 0 Å². The third-order valence-electron chi connectivity index (χ3n) is 5.12. The molecule has 0 saturated carbocycles. The van der Waals surface area contributed by atoms with E-state index in [0.717, 1.165) is 32.5 Å². The minimum Gasteiger partial charge on any atom is -0.352 e. The van der Waals surface area contributed by atoms with Crippen molar-refractivity contribution in [2.45, 2.75) is 19.8 Å². The first-order chi connectivity index (χ1) is 13.7. The molecule has 6 nitrogen and oxygen atoms in total. The van der Waals surface area contributed by atoms with Gasteiger partial charge in [0.15, 0.2) is 0 Å². The zero-order chi connectivity index (χ0) is 19.8. The van der Waals surface area contributed by atoms with Crippen molar-refractivity contribution < 1.29 is 9.59 Å². The Balaban J connectivity index is 1.50. The first-order valence-corrected chi connectivity index (χ1v) is 9.97. The molecule has 0 spiro atoms. The van der Waals surface area contributed by atoms with Gasteiger partial charge in [0.1, 0.15) is 5.69 Å². The molecule has 148 valence electrons. The zero-order valence-corrected chi connectivity index (χ0v) is 16.4. The van der Waals surface area contributed by atoms with Gasteiger partial charge in [-0.25, -0.2) is 0 Å². The van der Waals surface area contributed by atoms with Crippen molar-refractivity contribution in [1.29, 1.82) is 0 Å². The summed E-state index contributed by atoms with van der Waals surface area (Å²) in [6.07, 6.45) is 3.33. The van der Waals surface area contributed by atoms with Crippen LogP contribution in [0.15, 0.2) is 48.7 Å². The number of piperazine rings is 1. The predicted octanol–water partition coefficient (Wildman–Crippen LogP) is 2.22. The Kier molecular flexibility index (Phi) is 7.14. The number of aryl methyl sites for hydroxylation is 1. The smallest absolute Gasteiger partial charge is 0.272 e. The average molecular weight is 380 g/mol. The summed E-state index contributed by atoms with van der Waals surface area (Å²) >= 11 is 0. The van der Waals surface area contributed by atoms with Gasteiger partial charge in [-0.05, 0) is 37.1 Å². The van der Waals surface area contributed by atoms with Gasteiger partial charge in [0.05, 0.1) is 0 Å². The summed E-state index contributed by atoms with van der Waals surface area (Å²) in [5.74, 6) is -0.269. The summed E-state index contributed by atoms with van der Waals surface area (Å²) in [6.45, 7) is 6.88. The van der Waals surface area contributed by atoms with Crippen LogP contribution in [-0.2, 0) is 6.42 Å². The van der Waals surface area contributed by atoms with Crippen molar-refractivity contribution in [2.24, 2.45) is 0 Å². The summed E-state index contributed by atoms with van der Waals surface area (Å²) in [7, 11) is 0. The highest BCUT2D eigenvalue weighted by molar-refractivity contribution is 5.98. The molecule has 1 fully saturated rings. The third-order valence-corrected chi connectivity index (χ3v) is 5.12. The summed E-state index contributed by atoms with van der Waals surface area (Å²) < 4.78 is 0.